The highest BCUT2D eigenvalue weighted by atomic mass is 16.4. The van der Waals surface area contributed by atoms with Gasteiger partial charge in [0.25, 0.3) is 0 Å². The van der Waals surface area contributed by atoms with Crippen molar-refractivity contribution in [3.63, 3.8) is 0 Å². The summed E-state index contributed by atoms with van der Waals surface area (Å²) in [5, 5.41) is 59.4. The van der Waals surface area contributed by atoms with E-state index in [0.717, 1.165) is 5.56 Å². The monoisotopic (exact) mass is 753 g/mol. The second kappa shape index (κ2) is 12.1. The summed E-state index contributed by atoms with van der Waals surface area (Å²) in [6, 6.07) is 8.82. The summed E-state index contributed by atoms with van der Waals surface area (Å²) >= 11 is 0. The number of nitrogens with two attached hydrogens (primary N) is 2. The van der Waals surface area contributed by atoms with Gasteiger partial charge < -0.3 is 37.0 Å². The van der Waals surface area contributed by atoms with Crippen molar-refractivity contribution in [2.45, 2.75) is 97.5 Å². The SMILES string of the molecule is C/C(C(=O)O)=C(/O)[C@@H](O)[C@@H]1[C@@H](N=C(N)N)C=C[C@@]2(C[C@@]3(O)C=C[C@]4(O)C5=C(C(=O)C[C@@]2(C)[C@]53C)[C@@]2(C)CCC(=O)C(C)(C)[C@H]2[C@@H]4/C=C/c2ccccc2)[C@@H]1C. The number of ketones is 2. The number of fused-ring (bicyclic) bond motifs is 3. The Morgan fingerprint density at radius 1 is 1.00 bits per heavy atom. The maximum Gasteiger partial charge on any atom is 0.334 e. The van der Waals surface area contributed by atoms with Crippen molar-refractivity contribution >= 4 is 29.6 Å². The molecule has 1 aromatic carbocycles. The lowest BCUT2D eigenvalue weighted by molar-refractivity contribution is -0.164. The van der Waals surface area contributed by atoms with E-state index in [2.05, 4.69) is 11.9 Å². The minimum Gasteiger partial charge on any atom is -0.509 e. The van der Waals surface area contributed by atoms with E-state index in [4.69, 9.17) is 11.5 Å². The fourth-order valence-corrected chi connectivity index (χ4v) is 13.1. The zero-order valence-corrected chi connectivity index (χ0v) is 32.7. The van der Waals surface area contributed by atoms with Crippen molar-refractivity contribution in [1.82, 2.24) is 0 Å². The predicted molar refractivity (Wildman–Crippen MR) is 208 cm³/mol. The number of Topliss-reactive ketones (excluding diaryl/α,β-unsaturated/α-hetero) is 2. The van der Waals surface area contributed by atoms with Gasteiger partial charge in [0.1, 0.15) is 23.2 Å². The van der Waals surface area contributed by atoms with E-state index in [0.29, 0.717) is 17.6 Å². The fraction of sp³-hybridized carbons (Fsp3) is 0.545. The topological polar surface area (TPSA) is 217 Å². The number of benzene rings is 1. The quantitative estimate of drug-likeness (QED) is 0.0693. The summed E-state index contributed by atoms with van der Waals surface area (Å²) in [7, 11) is 0. The molecule has 6 aliphatic carbocycles. The molecule has 0 bridgehead atoms. The first-order valence-electron chi connectivity index (χ1n) is 19.3. The number of carbonyl (C=O) groups is 3. The molecule has 55 heavy (non-hydrogen) atoms. The van der Waals surface area contributed by atoms with E-state index in [1.807, 2.05) is 83.2 Å². The summed E-state index contributed by atoms with van der Waals surface area (Å²) in [5.41, 5.74) is 4.56. The smallest absolute Gasteiger partial charge is 0.334 e. The Morgan fingerprint density at radius 2 is 1.65 bits per heavy atom. The third kappa shape index (κ3) is 4.78. The lowest BCUT2D eigenvalue weighted by Gasteiger charge is -2.68. The number of carbonyl (C=O) groups excluding carboxylic acids is 2. The minimum atomic E-state index is -1.77. The van der Waals surface area contributed by atoms with Gasteiger partial charge in [-0.15, -0.1) is 0 Å². The van der Waals surface area contributed by atoms with E-state index >= 15 is 4.79 Å². The molecule has 2 fully saturated rings. The average molecular weight is 754 g/mol. The van der Waals surface area contributed by atoms with Gasteiger partial charge in [0.2, 0.25) is 0 Å². The molecule has 12 atom stereocenters. The van der Waals surface area contributed by atoms with E-state index in [1.54, 1.807) is 18.2 Å². The zero-order valence-electron chi connectivity index (χ0n) is 32.7. The van der Waals surface area contributed by atoms with Gasteiger partial charge >= 0.3 is 5.97 Å². The molecule has 11 nitrogen and oxygen atoms in total. The van der Waals surface area contributed by atoms with Crippen LogP contribution in [0.15, 0.2) is 88.2 Å². The Kier molecular flexibility index (Phi) is 8.56. The number of hydrogen-bond donors (Lipinski definition) is 7. The van der Waals surface area contributed by atoms with Crippen LogP contribution < -0.4 is 11.5 Å². The number of allylic oxidation sites excluding steroid dienone is 2. The Morgan fingerprint density at radius 3 is 2.27 bits per heavy atom. The van der Waals surface area contributed by atoms with Gasteiger partial charge in [0, 0.05) is 51.9 Å². The molecule has 1 aromatic rings. The first-order chi connectivity index (χ1) is 25.5. The van der Waals surface area contributed by atoms with Gasteiger partial charge in [-0.1, -0.05) is 102 Å². The van der Waals surface area contributed by atoms with Crippen LogP contribution in [-0.2, 0) is 14.4 Å². The van der Waals surface area contributed by atoms with Crippen LogP contribution in [0, 0.1) is 50.7 Å². The first-order valence-corrected chi connectivity index (χ1v) is 19.3. The first kappa shape index (κ1) is 38.9. The molecule has 11 heteroatoms. The highest BCUT2D eigenvalue weighted by Crippen LogP contribution is 2.82. The summed E-state index contributed by atoms with van der Waals surface area (Å²) in [6.07, 6.45) is 9.94. The van der Waals surface area contributed by atoms with Crippen molar-refractivity contribution in [3.05, 3.63) is 88.8 Å². The maximum atomic E-state index is 15.3. The largest absolute Gasteiger partial charge is 0.509 e. The molecule has 0 heterocycles. The molecule has 0 saturated heterocycles. The van der Waals surface area contributed by atoms with Gasteiger partial charge in [-0.05, 0) is 54.2 Å². The molecule has 0 aliphatic heterocycles. The molecule has 2 saturated carbocycles. The van der Waals surface area contributed by atoms with Crippen LogP contribution in [0.25, 0.3) is 6.08 Å². The van der Waals surface area contributed by atoms with Crippen LogP contribution in [0.1, 0.15) is 79.7 Å². The zero-order chi connectivity index (χ0) is 40.5. The molecule has 0 aromatic heterocycles. The molecule has 9 N–H and O–H groups in total. The lowest BCUT2D eigenvalue weighted by Crippen LogP contribution is -2.70. The molecule has 0 amide bonds. The third-order valence-corrected chi connectivity index (χ3v) is 15.9. The number of carboxylic acid groups (broad SMARTS) is 1. The van der Waals surface area contributed by atoms with Crippen LogP contribution in [0.2, 0.25) is 0 Å². The molecular weight excluding hydrogens is 698 g/mol. The molecule has 294 valence electrons. The van der Waals surface area contributed by atoms with Crippen molar-refractivity contribution in [3.8, 4) is 0 Å². The molecular formula is C44H55N3O8. The second-order valence-corrected chi connectivity index (χ2v) is 18.5. The highest BCUT2D eigenvalue weighted by Gasteiger charge is 2.82. The van der Waals surface area contributed by atoms with Crippen molar-refractivity contribution in [2.24, 2.45) is 67.2 Å². The van der Waals surface area contributed by atoms with Crippen LogP contribution >= 0.6 is 0 Å². The fourth-order valence-electron chi connectivity index (χ4n) is 13.1. The third-order valence-electron chi connectivity index (χ3n) is 15.9. The summed E-state index contributed by atoms with van der Waals surface area (Å²) in [4.78, 5) is 45.4. The molecule has 7 rings (SSSR count). The predicted octanol–water partition coefficient (Wildman–Crippen LogP) is 4.79. The standard InChI is InChI=1S/C44H55N3O8/c1-23(36(52)53)32(50)33(51)30-24(2)42(18-15-27(30)47-37(45)46)22-43(54)19-20-44(55)26(14-13-25-11-9-8-10-12-25)34-38(3,4)29(49)16-17-39(34,5)31-28(48)21-40(42,6)41(43,7)35(31)44/h8-15,18-20,24,26-27,30,33-34,50-51,54-55H,16-17,21-22H2,1-7H3,(H,52,53)(H4,45,46,47)/b14-13+,32-23-/t24-,26+,27+,30+,33+,34-,39-,40+,41+,42-,43+,44-/m1/s1. The number of carboxylic acids is 1. The second-order valence-electron chi connectivity index (χ2n) is 18.5. The number of rotatable bonds is 6. The molecule has 1 spiro atoms. The van der Waals surface area contributed by atoms with Crippen LogP contribution in [-0.4, -0.2) is 72.4 Å². The van der Waals surface area contributed by atoms with Gasteiger partial charge in [-0.2, -0.15) is 0 Å². The Balaban J connectivity index is 1.50. The Bertz CT molecular complexity index is 2060. The van der Waals surface area contributed by atoms with Gasteiger partial charge in [-0.3, -0.25) is 9.59 Å². The Hall–Kier alpha value is -4.32. The lowest BCUT2D eigenvalue weighted by atomic mass is 9.35. The van der Waals surface area contributed by atoms with E-state index in [9.17, 15) is 35.1 Å². The normalized spacial score (nSPS) is 43.6. The number of hydrogen-bond acceptors (Lipinski definition) is 8. The number of aliphatic hydroxyl groups excluding tert-OH is 2. The van der Waals surface area contributed by atoms with Crippen molar-refractivity contribution in [2.75, 3.05) is 0 Å². The number of aliphatic imine (C=N–C) groups is 1. The maximum absolute atomic E-state index is 15.3. The van der Waals surface area contributed by atoms with Crippen molar-refractivity contribution < 1.29 is 39.9 Å². The number of nitrogens with zero attached hydrogens (tertiary/aromatic N) is 1. The van der Waals surface area contributed by atoms with E-state index < -0.39 is 91.4 Å². The Labute approximate surface area is 322 Å². The van der Waals surface area contributed by atoms with Crippen molar-refractivity contribution in [1.29, 1.82) is 0 Å². The summed E-state index contributed by atoms with van der Waals surface area (Å²) in [5.74, 6) is -5.27. The van der Waals surface area contributed by atoms with Gasteiger partial charge in [0.05, 0.1) is 17.2 Å². The summed E-state index contributed by atoms with van der Waals surface area (Å²) < 4.78 is 0. The van der Waals surface area contributed by atoms with Crippen LogP contribution in [0.4, 0.5) is 0 Å². The molecule has 0 radical (unpaired) electrons. The molecule has 0 unspecified atom stereocenters. The number of guanidine groups is 1. The van der Waals surface area contributed by atoms with Gasteiger partial charge in [0.15, 0.2) is 11.7 Å². The van der Waals surface area contributed by atoms with Gasteiger partial charge in [-0.25, -0.2) is 9.79 Å². The average Bonchev–Trinajstić information content (AvgIpc) is 3.26. The highest BCUT2D eigenvalue weighted by molar-refractivity contribution is 6.02. The van der Waals surface area contributed by atoms with Crippen LogP contribution in [0.5, 0.6) is 0 Å². The summed E-state index contributed by atoms with van der Waals surface area (Å²) in [6.45, 7) is 12.9. The van der Waals surface area contributed by atoms with E-state index in [-0.39, 0.29) is 36.8 Å². The number of aliphatic hydroxyl groups is 4. The minimum absolute atomic E-state index is 0.0177. The number of aliphatic carboxylic acids is 1. The van der Waals surface area contributed by atoms with E-state index in [1.165, 1.54) is 6.92 Å². The molecule has 6 aliphatic rings. The van der Waals surface area contributed by atoms with Crippen LogP contribution in [0.3, 0.4) is 0 Å².